The summed E-state index contributed by atoms with van der Waals surface area (Å²) in [4.78, 5) is 23.0. The molecule has 0 radical (unpaired) electrons. The lowest BCUT2D eigenvalue weighted by molar-refractivity contribution is -0.870. The number of carbonyl (C=O) groups excluding carboxylic acids is 1. The van der Waals surface area contributed by atoms with Crippen LogP contribution in [0.25, 0.3) is 0 Å². The summed E-state index contributed by atoms with van der Waals surface area (Å²) >= 11 is 0. The van der Waals surface area contributed by atoms with Crippen LogP contribution in [0.1, 0.15) is 155 Å². The molecular formula is C47H84N2O6P+. The Labute approximate surface area is 344 Å². The van der Waals surface area contributed by atoms with Crippen molar-refractivity contribution in [2.45, 2.75) is 167 Å². The number of nitrogens with zero attached hydrogens (tertiary/aromatic N) is 1. The van der Waals surface area contributed by atoms with E-state index in [-0.39, 0.29) is 19.1 Å². The molecule has 0 bridgehead atoms. The lowest BCUT2D eigenvalue weighted by Gasteiger charge is -2.26. The number of hydrogen-bond donors (Lipinski definition) is 3. The van der Waals surface area contributed by atoms with Crippen LogP contribution in [0.2, 0.25) is 0 Å². The van der Waals surface area contributed by atoms with Gasteiger partial charge in [0, 0.05) is 6.42 Å². The summed E-state index contributed by atoms with van der Waals surface area (Å²) in [5, 5.41) is 13.8. The predicted molar refractivity (Wildman–Crippen MR) is 239 cm³/mol. The van der Waals surface area contributed by atoms with Gasteiger partial charge in [-0.25, -0.2) is 4.57 Å². The number of unbranched alkanes of at least 4 members (excludes halogenated alkanes) is 11. The molecule has 0 aliphatic carbocycles. The Hall–Kier alpha value is -2.32. The Kier molecular flexibility index (Phi) is 36.6. The number of aliphatic hydroxyl groups excluding tert-OH is 1. The summed E-state index contributed by atoms with van der Waals surface area (Å²) in [6, 6.07) is -0.773. The number of phosphoric ester groups is 1. The van der Waals surface area contributed by atoms with Crippen LogP contribution < -0.4 is 5.32 Å². The Balaban J connectivity index is 4.22. The Morgan fingerprint density at radius 1 is 0.625 bits per heavy atom. The molecule has 3 N–H and O–H groups in total. The molecule has 322 valence electrons. The Morgan fingerprint density at radius 2 is 1.07 bits per heavy atom. The van der Waals surface area contributed by atoms with Gasteiger partial charge in [-0.2, -0.15) is 0 Å². The molecular weight excluding hydrogens is 719 g/mol. The number of amides is 1. The molecule has 1 amide bonds. The highest BCUT2D eigenvalue weighted by molar-refractivity contribution is 7.47. The standard InChI is InChI=1S/C47H83N2O6P/c1-6-8-10-12-14-15-16-17-18-19-20-21-22-23-24-25-26-27-28-29-30-31-32-33-35-37-39-41-47(51)48-45(46(50)40-38-36-34-13-11-9-7-2)44-55-56(52,53)54-43-42-49(3,4)5/h8,10,14-15,17-18,20-21,23-24,26-27,29-30,45-46,50H,6-7,9,11-13,16,19,22,25,28,31-44H2,1-5H3,(H-,48,51,52,53)/p+1/b10-8-,15-14-,18-17-,21-20-,24-23-,27-26-,30-29-. The van der Waals surface area contributed by atoms with E-state index in [1.165, 1.54) is 25.7 Å². The highest BCUT2D eigenvalue weighted by atomic mass is 31.2. The normalized spacial score (nSPS) is 15.2. The average Bonchev–Trinajstić information content (AvgIpc) is 3.15. The topological polar surface area (TPSA) is 105 Å². The van der Waals surface area contributed by atoms with Crippen molar-refractivity contribution in [3.05, 3.63) is 85.1 Å². The molecule has 0 aliphatic heterocycles. The van der Waals surface area contributed by atoms with Crippen molar-refractivity contribution in [3.8, 4) is 0 Å². The van der Waals surface area contributed by atoms with Gasteiger partial charge in [0.25, 0.3) is 0 Å². The molecule has 0 saturated carbocycles. The SMILES string of the molecule is CC/C=C\C/C=C\C/C=C\C/C=C\C/C=C\C/C=C\C/C=C\CCCCCCCC(=O)NC(COP(=O)(O)OCC[N+](C)(C)C)C(O)CCCCCCCCC. The van der Waals surface area contributed by atoms with Crippen LogP contribution in [-0.4, -0.2) is 73.4 Å². The van der Waals surface area contributed by atoms with E-state index in [0.717, 1.165) is 103 Å². The van der Waals surface area contributed by atoms with Crippen LogP contribution in [-0.2, 0) is 18.4 Å². The molecule has 3 atom stereocenters. The van der Waals surface area contributed by atoms with Crippen molar-refractivity contribution in [3.63, 3.8) is 0 Å². The fourth-order valence-electron chi connectivity index (χ4n) is 5.67. The van der Waals surface area contributed by atoms with Gasteiger partial charge in [0.05, 0.1) is 39.9 Å². The van der Waals surface area contributed by atoms with Crippen LogP contribution in [0.5, 0.6) is 0 Å². The number of likely N-dealkylation sites (N-methyl/N-ethyl adjacent to an activating group) is 1. The predicted octanol–water partition coefficient (Wildman–Crippen LogP) is 12.2. The van der Waals surface area contributed by atoms with Crippen molar-refractivity contribution in [2.75, 3.05) is 40.9 Å². The number of quaternary nitrogens is 1. The average molecular weight is 804 g/mol. The molecule has 0 aromatic carbocycles. The largest absolute Gasteiger partial charge is 0.472 e. The summed E-state index contributed by atoms with van der Waals surface area (Å²) in [6.45, 7) is 4.67. The summed E-state index contributed by atoms with van der Waals surface area (Å²) in [7, 11) is 1.58. The second-order valence-electron chi connectivity index (χ2n) is 15.7. The van der Waals surface area contributed by atoms with E-state index in [2.05, 4.69) is 104 Å². The number of phosphoric acid groups is 1. The molecule has 9 heteroatoms. The van der Waals surface area contributed by atoms with Gasteiger partial charge >= 0.3 is 7.82 Å². The number of hydrogen-bond acceptors (Lipinski definition) is 5. The van der Waals surface area contributed by atoms with Gasteiger partial charge in [0.2, 0.25) is 5.91 Å². The van der Waals surface area contributed by atoms with Crippen LogP contribution in [0.3, 0.4) is 0 Å². The maximum atomic E-state index is 12.8. The van der Waals surface area contributed by atoms with E-state index in [9.17, 15) is 19.4 Å². The van der Waals surface area contributed by atoms with Crippen LogP contribution in [0.15, 0.2) is 85.1 Å². The zero-order chi connectivity index (χ0) is 41.4. The fourth-order valence-corrected chi connectivity index (χ4v) is 6.41. The van der Waals surface area contributed by atoms with Gasteiger partial charge in [-0.05, 0) is 70.6 Å². The molecule has 0 aromatic rings. The Bertz CT molecular complexity index is 1180. The minimum Gasteiger partial charge on any atom is -0.391 e. The molecule has 56 heavy (non-hydrogen) atoms. The third kappa shape index (κ3) is 39.9. The fraction of sp³-hybridized carbons (Fsp3) is 0.681. The first-order chi connectivity index (χ1) is 27.0. The smallest absolute Gasteiger partial charge is 0.391 e. The third-order valence-electron chi connectivity index (χ3n) is 9.16. The van der Waals surface area contributed by atoms with E-state index >= 15 is 0 Å². The van der Waals surface area contributed by atoms with E-state index in [0.29, 0.717) is 23.9 Å². The minimum absolute atomic E-state index is 0.0650. The molecule has 0 saturated heterocycles. The highest BCUT2D eigenvalue weighted by Gasteiger charge is 2.28. The molecule has 3 unspecified atom stereocenters. The molecule has 0 aromatic heterocycles. The zero-order valence-electron chi connectivity index (χ0n) is 36.3. The maximum Gasteiger partial charge on any atom is 0.472 e. The molecule has 0 fully saturated rings. The quantitative estimate of drug-likeness (QED) is 0.0248. The van der Waals surface area contributed by atoms with Gasteiger partial charge < -0.3 is 19.8 Å². The van der Waals surface area contributed by atoms with Crippen LogP contribution in [0.4, 0.5) is 0 Å². The van der Waals surface area contributed by atoms with Crippen molar-refractivity contribution >= 4 is 13.7 Å². The summed E-state index contributed by atoms with van der Waals surface area (Å²) in [5.41, 5.74) is 0. The lowest BCUT2D eigenvalue weighted by atomic mass is 10.0. The minimum atomic E-state index is -4.31. The second kappa shape index (κ2) is 38.2. The summed E-state index contributed by atoms with van der Waals surface area (Å²) in [6.07, 6.45) is 52.0. The van der Waals surface area contributed by atoms with Gasteiger partial charge in [0.1, 0.15) is 13.2 Å². The van der Waals surface area contributed by atoms with E-state index < -0.39 is 20.0 Å². The van der Waals surface area contributed by atoms with E-state index in [4.69, 9.17) is 9.05 Å². The summed E-state index contributed by atoms with van der Waals surface area (Å²) < 4.78 is 23.5. The molecule has 0 aliphatic rings. The second-order valence-corrected chi connectivity index (χ2v) is 17.1. The van der Waals surface area contributed by atoms with Crippen molar-refractivity contribution in [2.24, 2.45) is 0 Å². The number of carbonyl (C=O) groups is 1. The highest BCUT2D eigenvalue weighted by Crippen LogP contribution is 2.43. The van der Waals surface area contributed by atoms with Gasteiger partial charge in [0.15, 0.2) is 0 Å². The van der Waals surface area contributed by atoms with Crippen molar-refractivity contribution in [1.29, 1.82) is 0 Å². The van der Waals surface area contributed by atoms with Crippen LogP contribution >= 0.6 is 7.82 Å². The van der Waals surface area contributed by atoms with Crippen LogP contribution in [0, 0.1) is 0 Å². The first-order valence-corrected chi connectivity index (χ1v) is 23.4. The number of aliphatic hydroxyl groups is 1. The van der Waals surface area contributed by atoms with E-state index in [1.807, 2.05) is 21.1 Å². The first kappa shape index (κ1) is 53.7. The zero-order valence-corrected chi connectivity index (χ0v) is 37.2. The Morgan fingerprint density at radius 3 is 1.57 bits per heavy atom. The van der Waals surface area contributed by atoms with Gasteiger partial charge in [-0.3, -0.25) is 13.8 Å². The lowest BCUT2D eigenvalue weighted by Crippen LogP contribution is -2.46. The van der Waals surface area contributed by atoms with Gasteiger partial charge in [-0.15, -0.1) is 0 Å². The van der Waals surface area contributed by atoms with Crippen molar-refractivity contribution < 1.29 is 32.9 Å². The number of rotatable bonds is 38. The first-order valence-electron chi connectivity index (χ1n) is 22.0. The third-order valence-corrected chi connectivity index (χ3v) is 10.1. The summed E-state index contributed by atoms with van der Waals surface area (Å²) in [5.74, 6) is -0.173. The molecule has 8 nitrogen and oxygen atoms in total. The molecule has 0 rings (SSSR count). The number of allylic oxidation sites excluding steroid dienone is 14. The number of nitrogens with one attached hydrogen (secondary N) is 1. The molecule has 0 spiro atoms. The van der Waals surface area contributed by atoms with Crippen molar-refractivity contribution in [1.82, 2.24) is 5.32 Å². The molecule has 0 heterocycles. The monoisotopic (exact) mass is 804 g/mol. The van der Waals surface area contributed by atoms with Gasteiger partial charge in [-0.1, -0.05) is 163 Å². The van der Waals surface area contributed by atoms with E-state index in [1.54, 1.807) is 0 Å². The maximum absolute atomic E-state index is 12.8.